The standard InChI is InChI=1S/C19H12F3N5O/c20-19(21,22)14-4-2-8-24-17(14)25-18(28)16-13-9-11(5-6-15(13)26-27-16)12-3-1-7-23-10-12/h1-10H,(H,26,27)(H,24,25,28). The van der Waals surface area contributed by atoms with Crippen LogP contribution in [0.2, 0.25) is 0 Å². The van der Waals surface area contributed by atoms with E-state index in [4.69, 9.17) is 0 Å². The van der Waals surface area contributed by atoms with Gasteiger partial charge in [-0.3, -0.25) is 14.9 Å². The summed E-state index contributed by atoms with van der Waals surface area (Å²) in [5.74, 6) is -1.36. The van der Waals surface area contributed by atoms with E-state index in [2.05, 4.69) is 25.5 Å². The molecule has 0 spiro atoms. The minimum atomic E-state index is -4.64. The summed E-state index contributed by atoms with van der Waals surface area (Å²) in [6.07, 6.45) is -0.152. The Balaban J connectivity index is 1.71. The highest BCUT2D eigenvalue weighted by atomic mass is 19.4. The number of alkyl halides is 3. The maximum atomic E-state index is 13.1. The van der Waals surface area contributed by atoms with Crippen LogP contribution in [0.5, 0.6) is 0 Å². The number of carbonyl (C=O) groups excluding carboxylic acids is 1. The Bertz CT molecular complexity index is 1160. The van der Waals surface area contributed by atoms with E-state index in [0.717, 1.165) is 23.3 Å². The van der Waals surface area contributed by atoms with Crippen LogP contribution in [0.4, 0.5) is 19.0 Å². The molecule has 0 atom stereocenters. The first-order valence-corrected chi connectivity index (χ1v) is 8.15. The minimum Gasteiger partial charge on any atom is -0.305 e. The maximum absolute atomic E-state index is 13.1. The number of hydrogen-bond donors (Lipinski definition) is 2. The number of amides is 1. The largest absolute Gasteiger partial charge is 0.419 e. The number of halogens is 3. The van der Waals surface area contributed by atoms with Gasteiger partial charge in [0.15, 0.2) is 5.69 Å². The number of nitrogens with one attached hydrogen (secondary N) is 2. The first-order chi connectivity index (χ1) is 13.4. The van der Waals surface area contributed by atoms with Crippen molar-refractivity contribution < 1.29 is 18.0 Å². The van der Waals surface area contributed by atoms with Crippen molar-refractivity contribution in [3.05, 3.63) is 72.3 Å². The van der Waals surface area contributed by atoms with Gasteiger partial charge in [0, 0.05) is 29.5 Å². The Morgan fingerprint density at radius 2 is 1.86 bits per heavy atom. The molecule has 0 saturated heterocycles. The van der Waals surface area contributed by atoms with E-state index in [1.54, 1.807) is 30.6 Å². The Kier molecular flexibility index (Phi) is 4.26. The number of benzene rings is 1. The molecule has 4 rings (SSSR count). The summed E-state index contributed by atoms with van der Waals surface area (Å²) in [5, 5.41) is 9.35. The van der Waals surface area contributed by atoms with Gasteiger partial charge in [0.1, 0.15) is 5.82 Å². The second kappa shape index (κ2) is 6.76. The number of aromatic amines is 1. The molecule has 0 fully saturated rings. The summed E-state index contributed by atoms with van der Waals surface area (Å²) in [6.45, 7) is 0. The molecule has 0 aliphatic carbocycles. The molecule has 0 unspecified atom stereocenters. The average molecular weight is 383 g/mol. The van der Waals surface area contributed by atoms with Crippen molar-refractivity contribution in [2.24, 2.45) is 0 Å². The lowest BCUT2D eigenvalue weighted by molar-refractivity contribution is -0.137. The van der Waals surface area contributed by atoms with Gasteiger partial charge >= 0.3 is 6.18 Å². The van der Waals surface area contributed by atoms with E-state index in [9.17, 15) is 18.0 Å². The molecule has 0 aliphatic rings. The third-order valence-electron chi connectivity index (χ3n) is 4.12. The van der Waals surface area contributed by atoms with Crippen LogP contribution in [-0.2, 0) is 6.18 Å². The smallest absolute Gasteiger partial charge is 0.305 e. The molecule has 4 aromatic rings. The van der Waals surface area contributed by atoms with Crippen LogP contribution in [0.25, 0.3) is 22.0 Å². The van der Waals surface area contributed by atoms with Crippen molar-refractivity contribution >= 4 is 22.6 Å². The molecule has 3 heterocycles. The van der Waals surface area contributed by atoms with Gasteiger partial charge in [-0.2, -0.15) is 18.3 Å². The number of nitrogens with zero attached hydrogens (tertiary/aromatic N) is 3. The molecule has 140 valence electrons. The van der Waals surface area contributed by atoms with Crippen molar-refractivity contribution in [2.75, 3.05) is 5.32 Å². The lowest BCUT2D eigenvalue weighted by Crippen LogP contribution is -2.18. The summed E-state index contributed by atoms with van der Waals surface area (Å²) in [4.78, 5) is 20.3. The highest BCUT2D eigenvalue weighted by molar-refractivity contribution is 6.11. The van der Waals surface area contributed by atoms with Gasteiger partial charge in [-0.05, 0) is 35.9 Å². The number of hydrogen-bond acceptors (Lipinski definition) is 4. The zero-order valence-electron chi connectivity index (χ0n) is 14.2. The van der Waals surface area contributed by atoms with E-state index in [0.29, 0.717) is 10.9 Å². The van der Waals surface area contributed by atoms with Crippen LogP contribution in [0.3, 0.4) is 0 Å². The number of pyridine rings is 2. The number of H-pyrrole nitrogens is 1. The molecule has 0 radical (unpaired) electrons. The highest BCUT2D eigenvalue weighted by Gasteiger charge is 2.34. The Hall–Kier alpha value is -3.75. The lowest BCUT2D eigenvalue weighted by Gasteiger charge is -2.11. The number of fused-ring (bicyclic) bond motifs is 1. The predicted octanol–water partition coefficient (Wildman–Crippen LogP) is 4.29. The fraction of sp³-hybridized carbons (Fsp3) is 0.0526. The number of rotatable bonds is 3. The number of anilines is 1. The van der Waals surface area contributed by atoms with E-state index >= 15 is 0 Å². The van der Waals surface area contributed by atoms with Crippen LogP contribution < -0.4 is 5.32 Å². The molecule has 1 amide bonds. The molecule has 0 aliphatic heterocycles. The molecule has 2 N–H and O–H groups in total. The van der Waals surface area contributed by atoms with Crippen LogP contribution >= 0.6 is 0 Å². The molecule has 9 heteroatoms. The normalized spacial score (nSPS) is 11.5. The summed E-state index contributed by atoms with van der Waals surface area (Å²) < 4.78 is 39.3. The summed E-state index contributed by atoms with van der Waals surface area (Å²) in [7, 11) is 0. The molecular formula is C19H12F3N5O. The molecular weight excluding hydrogens is 371 g/mol. The topological polar surface area (TPSA) is 83.6 Å². The van der Waals surface area contributed by atoms with Gasteiger partial charge in [-0.1, -0.05) is 12.1 Å². The predicted molar refractivity (Wildman–Crippen MR) is 96.5 cm³/mol. The SMILES string of the molecule is O=C(Nc1ncccc1C(F)(F)F)c1n[nH]c2ccc(-c3cccnc3)cc12. The van der Waals surface area contributed by atoms with Crippen molar-refractivity contribution in [1.82, 2.24) is 20.2 Å². The molecule has 1 aromatic carbocycles. The lowest BCUT2D eigenvalue weighted by atomic mass is 10.0. The number of carbonyl (C=O) groups is 1. The minimum absolute atomic E-state index is 0.0282. The third-order valence-corrected chi connectivity index (χ3v) is 4.12. The van der Waals surface area contributed by atoms with Crippen LogP contribution in [0.15, 0.2) is 61.1 Å². The van der Waals surface area contributed by atoms with E-state index < -0.39 is 23.5 Å². The summed E-state index contributed by atoms with van der Waals surface area (Å²) >= 11 is 0. The monoisotopic (exact) mass is 383 g/mol. The second-order valence-electron chi connectivity index (χ2n) is 5.93. The highest BCUT2D eigenvalue weighted by Crippen LogP contribution is 2.33. The first-order valence-electron chi connectivity index (χ1n) is 8.15. The first kappa shape index (κ1) is 17.7. The quantitative estimate of drug-likeness (QED) is 0.553. The third kappa shape index (κ3) is 3.29. The van der Waals surface area contributed by atoms with E-state index in [1.165, 1.54) is 6.20 Å². The number of aromatic nitrogens is 4. The van der Waals surface area contributed by atoms with Gasteiger partial charge in [-0.25, -0.2) is 4.98 Å². The maximum Gasteiger partial charge on any atom is 0.419 e. The van der Waals surface area contributed by atoms with Crippen LogP contribution in [0, 0.1) is 0 Å². The zero-order valence-corrected chi connectivity index (χ0v) is 14.2. The molecule has 3 aromatic heterocycles. The Labute approximate surface area is 156 Å². The van der Waals surface area contributed by atoms with Gasteiger partial charge in [-0.15, -0.1) is 0 Å². The fourth-order valence-corrected chi connectivity index (χ4v) is 2.80. The van der Waals surface area contributed by atoms with Gasteiger partial charge < -0.3 is 5.32 Å². The summed E-state index contributed by atoms with van der Waals surface area (Å²) in [5.41, 5.74) is 1.15. The van der Waals surface area contributed by atoms with Gasteiger partial charge in [0.05, 0.1) is 11.1 Å². The fourth-order valence-electron chi connectivity index (χ4n) is 2.80. The van der Waals surface area contributed by atoms with Crippen molar-refractivity contribution in [2.45, 2.75) is 6.18 Å². The van der Waals surface area contributed by atoms with Crippen molar-refractivity contribution in [1.29, 1.82) is 0 Å². The van der Waals surface area contributed by atoms with Crippen molar-refractivity contribution in [3.8, 4) is 11.1 Å². The summed E-state index contributed by atoms with van der Waals surface area (Å²) in [6, 6.07) is 10.9. The van der Waals surface area contributed by atoms with Crippen LogP contribution in [0.1, 0.15) is 16.1 Å². The zero-order chi connectivity index (χ0) is 19.7. The second-order valence-corrected chi connectivity index (χ2v) is 5.93. The van der Waals surface area contributed by atoms with Gasteiger partial charge in [0.25, 0.3) is 5.91 Å². The van der Waals surface area contributed by atoms with Gasteiger partial charge in [0.2, 0.25) is 0 Å². The molecule has 0 bridgehead atoms. The van der Waals surface area contributed by atoms with E-state index in [1.807, 2.05) is 12.1 Å². The van der Waals surface area contributed by atoms with Crippen LogP contribution in [-0.4, -0.2) is 26.1 Å². The molecule has 0 saturated carbocycles. The average Bonchev–Trinajstić information content (AvgIpc) is 3.11. The van der Waals surface area contributed by atoms with E-state index in [-0.39, 0.29) is 5.69 Å². The Morgan fingerprint density at radius 3 is 2.61 bits per heavy atom. The molecule has 6 nitrogen and oxygen atoms in total. The Morgan fingerprint density at radius 1 is 1.04 bits per heavy atom. The van der Waals surface area contributed by atoms with Crippen molar-refractivity contribution in [3.63, 3.8) is 0 Å². The molecule has 28 heavy (non-hydrogen) atoms.